The van der Waals surface area contributed by atoms with E-state index >= 15 is 0 Å². The van der Waals surface area contributed by atoms with Gasteiger partial charge in [-0.2, -0.15) is 0 Å². The number of likely N-dealkylation sites (tertiary alicyclic amines) is 1. The Labute approximate surface area is 173 Å². The Morgan fingerprint density at radius 3 is 2.33 bits per heavy atom. The van der Waals surface area contributed by atoms with Gasteiger partial charge in [0.25, 0.3) is 0 Å². The molecule has 0 aromatic carbocycles. The van der Waals surface area contributed by atoms with Crippen LogP contribution >= 0.6 is 0 Å². The molecule has 2 heterocycles. The summed E-state index contributed by atoms with van der Waals surface area (Å²) in [5.41, 5.74) is 0. The van der Waals surface area contributed by atoms with Crippen molar-refractivity contribution < 1.29 is 39.3 Å². The lowest BCUT2D eigenvalue weighted by Gasteiger charge is -2.30. The molecule has 168 valence electrons. The topological polar surface area (TPSA) is 185 Å². The van der Waals surface area contributed by atoms with Crippen LogP contribution in [0.5, 0.6) is 0 Å². The van der Waals surface area contributed by atoms with E-state index in [9.17, 15) is 34.2 Å². The molecule has 0 bridgehead atoms. The monoisotopic (exact) mass is 428 g/mol. The standard InChI is InChI=1S/C18H28N4O8/c1-9(23)14(17(28)22-7-3-5-12(22)18(29)30)21-16(27)11(8-13(24)25)20-15(26)10-4-2-6-19-10/h9-12,14,19,23H,2-8H2,1H3,(H,20,26)(H,21,27)(H,24,25)(H,29,30). The van der Waals surface area contributed by atoms with Crippen LogP contribution in [0.2, 0.25) is 0 Å². The Bertz CT molecular complexity index is 692. The van der Waals surface area contributed by atoms with E-state index in [1.54, 1.807) is 0 Å². The van der Waals surface area contributed by atoms with E-state index in [0.29, 0.717) is 19.4 Å². The Morgan fingerprint density at radius 2 is 1.80 bits per heavy atom. The van der Waals surface area contributed by atoms with E-state index in [1.807, 2.05) is 0 Å². The average molecular weight is 428 g/mol. The summed E-state index contributed by atoms with van der Waals surface area (Å²) < 4.78 is 0. The fraction of sp³-hybridized carbons (Fsp3) is 0.722. The SMILES string of the molecule is CC(O)C(NC(=O)C(CC(=O)O)NC(=O)C1CCCN1)C(=O)N1CCCC1C(=O)O. The van der Waals surface area contributed by atoms with Crippen LogP contribution in [0.25, 0.3) is 0 Å². The number of carbonyl (C=O) groups is 5. The van der Waals surface area contributed by atoms with Crippen LogP contribution in [-0.2, 0) is 24.0 Å². The summed E-state index contributed by atoms with van der Waals surface area (Å²) >= 11 is 0. The van der Waals surface area contributed by atoms with Crippen LogP contribution in [0.4, 0.5) is 0 Å². The van der Waals surface area contributed by atoms with E-state index in [-0.39, 0.29) is 13.0 Å². The highest BCUT2D eigenvalue weighted by Gasteiger charge is 2.40. The number of aliphatic hydroxyl groups is 1. The lowest BCUT2D eigenvalue weighted by Crippen LogP contribution is -2.60. The molecule has 2 aliphatic rings. The maximum atomic E-state index is 12.8. The first-order valence-corrected chi connectivity index (χ1v) is 9.89. The summed E-state index contributed by atoms with van der Waals surface area (Å²) in [6.07, 6.45) is -0.0371. The molecule has 2 saturated heterocycles. The van der Waals surface area contributed by atoms with E-state index in [0.717, 1.165) is 11.3 Å². The summed E-state index contributed by atoms with van der Waals surface area (Å²) in [7, 11) is 0. The van der Waals surface area contributed by atoms with E-state index < -0.39 is 66.4 Å². The van der Waals surface area contributed by atoms with E-state index in [2.05, 4.69) is 16.0 Å². The van der Waals surface area contributed by atoms with Crippen molar-refractivity contribution in [1.82, 2.24) is 20.9 Å². The molecule has 5 unspecified atom stereocenters. The van der Waals surface area contributed by atoms with Gasteiger partial charge < -0.3 is 36.2 Å². The maximum Gasteiger partial charge on any atom is 0.326 e. The molecule has 2 fully saturated rings. The van der Waals surface area contributed by atoms with Gasteiger partial charge in [-0.15, -0.1) is 0 Å². The summed E-state index contributed by atoms with van der Waals surface area (Å²) in [6, 6.07) is -4.53. The van der Waals surface area contributed by atoms with Crippen LogP contribution in [0.3, 0.4) is 0 Å². The van der Waals surface area contributed by atoms with Crippen molar-refractivity contribution >= 4 is 29.7 Å². The Balaban J connectivity index is 2.10. The summed E-state index contributed by atoms with van der Waals surface area (Å²) in [4.78, 5) is 61.3. The number of aliphatic carboxylic acids is 2. The Hall–Kier alpha value is -2.73. The van der Waals surface area contributed by atoms with Gasteiger partial charge in [0.05, 0.1) is 18.6 Å². The van der Waals surface area contributed by atoms with Crippen LogP contribution in [0.15, 0.2) is 0 Å². The molecule has 0 saturated carbocycles. The minimum absolute atomic E-state index is 0.164. The quantitative estimate of drug-likeness (QED) is 0.234. The summed E-state index contributed by atoms with van der Waals surface area (Å²) in [6.45, 7) is 2.05. The van der Waals surface area contributed by atoms with Gasteiger partial charge in [0, 0.05) is 6.54 Å². The number of nitrogens with zero attached hydrogens (tertiary/aromatic N) is 1. The lowest BCUT2D eigenvalue weighted by molar-refractivity contribution is -0.151. The molecule has 0 aromatic heterocycles. The van der Waals surface area contributed by atoms with Crippen molar-refractivity contribution in [3.8, 4) is 0 Å². The molecule has 30 heavy (non-hydrogen) atoms. The highest BCUT2D eigenvalue weighted by Crippen LogP contribution is 2.19. The molecule has 0 aliphatic carbocycles. The van der Waals surface area contributed by atoms with Gasteiger partial charge in [-0.3, -0.25) is 19.2 Å². The highest BCUT2D eigenvalue weighted by atomic mass is 16.4. The fourth-order valence-corrected chi connectivity index (χ4v) is 3.67. The first-order valence-electron chi connectivity index (χ1n) is 9.89. The molecule has 5 atom stereocenters. The lowest BCUT2D eigenvalue weighted by atomic mass is 10.1. The molecule has 0 spiro atoms. The Morgan fingerprint density at radius 1 is 1.10 bits per heavy atom. The minimum atomic E-state index is -1.48. The first-order chi connectivity index (χ1) is 14.1. The number of hydrogen-bond acceptors (Lipinski definition) is 7. The second kappa shape index (κ2) is 10.3. The normalized spacial score (nSPS) is 24.0. The van der Waals surface area contributed by atoms with E-state index in [4.69, 9.17) is 5.11 Å². The molecule has 2 aliphatic heterocycles. The van der Waals surface area contributed by atoms with E-state index in [1.165, 1.54) is 6.92 Å². The van der Waals surface area contributed by atoms with Crippen molar-refractivity contribution in [3.63, 3.8) is 0 Å². The number of rotatable bonds is 9. The molecular formula is C18H28N4O8. The van der Waals surface area contributed by atoms with Crippen molar-refractivity contribution in [3.05, 3.63) is 0 Å². The molecular weight excluding hydrogens is 400 g/mol. The average Bonchev–Trinajstić information content (AvgIpc) is 3.35. The third-order valence-corrected chi connectivity index (χ3v) is 5.26. The number of amides is 3. The zero-order chi connectivity index (χ0) is 22.4. The number of carboxylic acid groups (broad SMARTS) is 2. The predicted molar refractivity (Wildman–Crippen MR) is 101 cm³/mol. The van der Waals surface area contributed by atoms with Crippen LogP contribution in [0, 0.1) is 0 Å². The number of carbonyl (C=O) groups excluding carboxylic acids is 3. The molecule has 12 nitrogen and oxygen atoms in total. The first kappa shape index (κ1) is 23.5. The second-order valence-electron chi connectivity index (χ2n) is 7.56. The largest absolute Gasteiger partial charge is 0.481 e. The van der Waals surface area contributed by atoms with Crippen molar-refractivity contribution in [2.45, 2.75) is 69.3 Å². The van der Waals surface area contributed by atoms with Crippen molar-refractivity contribution in [2.75, 3.05) is 13.1 Å². The zero-order valence-electron chi connectivity index (χ0n) is 16.7. The highest BCUT2D eigenvalue weighted by molar-refractivity contribution is 5.96. The van der Waals surface area contributed by atoms with Crippen molar-refractivity contribution in [1.29, 1.82) is 0 Å². The molecule has 6 N–H and O–H groups in total. The van der Waals surface area contributed by atoms with Crippen LogP contribution < -0.4 is 16.0 Å². The maximum absolute atomic E-state index is 12.8. The predicted octanol–water partition coefficient (Wildman–Crippen LogP) is -2.36. The number of nitrogens with one attached hydrogen (secondary N) is 3. The zero-order valence-corrected chi connectivity index (χ0v) is 16.7. The van der Waals surface area contributed by atoms with Crippen LogP contribution in [-0.4, -0.2) is 93.2 Å². The van der Waals surface area contributed by atoms with Gasteiger partial charge in [-0.05, 0) is 39.2 Å². The smallest absolute Gasteiger partial charge is 0.326 e. The van der Waals surface area contributed by atoms with Gasteiger partial charge in [-0.25, -0.2) is 4.79 Å². The Kier molecular flexibility index (Phi) is 8.12. The van der Waals surface area contributed by atoms with Gasteiger partial charge >= 0.3 is 11.9 Å². The number of carboxylic acids is 2. The fourth-order valence-electron chi connectivity index (χ4n) is 3.67. The van der Waals surface area contributed by atoms with Gasteiger partial charge in [0.2, 0.25) is 17.7 Å². The van der Waals surface area contributed by atoms with Gasteiger partial charge in [0.1, 0.15) is 18.1 Å². The molecule has 12 heteroatoms. The number of hydrogen-bond donors (Lipinski definition) is 6. The van der Waals surface area contributed by atoms with Crippen LogP contribution in [0.1, 0.15) is 39.0 Å². The third-order valence-electron chi connectivity index (χ3n) is 5.26. The summed E-state index contributed by atoms with van der Waals surface area (Å²) in [5, 5.41) is 36.0. The van der Waals surface area contributed by atoms with Crippen molar-refractivity contribution in [2.24, 2.45) is 0 Å². The minimum Gasteiger partial charge on any atom is -0.481 e. The van der Waals surface area contributed by atoms with Gasteiger partial charge in [0.15, 0.2) is 0 Å². The molecule has 3 amide bonds. The molecule has 0 radical (unpaired) electrons. The van der Waals surface area contributed by atoms with Gasteiger partial charge in [-0.1, -0.05) is 0 Å². The number of aliphatic hydroxyl groups excluding tert-OH is 1. The second-order valence-corrected chi connectivity index (χ2v) is 7.56. The molecule has 2 rings (SSSR count). The third kappa shape index (κ3) is 5.89. The molecule has 0 aromatic rings. The summed E-state index contributed by atoms with van der Waals surface area (Å²) in [5.74, 6) is -4.77.